The van der Waals surface area contributed by atoms with Crippen LogP contribution in [0.15, 0.2) is 36.5 Å². The minimum Gasteiger partial charge on any atom is -0.297 e. The summed E-state index contributed by atoms with van der Waals surface area (Å²) >= 11 is 0. The summed E-state index contributed by atoms with van der Waals surface area (Å²) in [5.41, 5.74) is 3.47. The monoisotopic (exact) mass is 267 g/mol. The quantitative estimate of drug-likeness (QED) is 0.850. The summed E-state index contributed by atoms with van der Waals surface area (Å²) in [6.07, 6.45) is 4.48. The molecule has 0 unspecified atom stereocenters. The minimum absolute atomic E-state index is 0.505. The molecule has 1 fully saturated rings. The number of nitrogens with zero attached hydrogens (tertiary/aromatic N) is 3. The highest BCUT2D eigenvalue weighted by atomic mass is 15.2. The standard InChI is InChI=1S/C17H21N3/c1-13-9-10-18-17(19-13)16-7-5-15(6-8-16)14(2)20-11-3-4-12-20/h5-10,14H,3-4,11-12H2,1-2H3/t14-/m0/s1. The third-order valence-corrected chi connectivity index (χ3v) is 4.13. The van der Waals surface area contributed by atoms with Gasteiger partial charge in [-0.05, 0) is 51.4 Å². The number of rotatable bonds is 3. The van der Waals surface area contributed by atoms with E-state index in [1.54, 1.807) is 0 Å². The molecule has 0 aliphatic carbocycles. The maximum absolute atomic E-state index is 4.47. The van der Waals surface area contributed by atoms with Crippen molar-refractivity contribution in [2.45, 2.75) is 32.7 Å². The maximum atomic E-state index is 4.47. The van der Waals surface area contributed by atoms with Gasteiger partial charge in [-0.1, -0.05) is 24.3 Å². The van der Waals surface area contributed by atoms with Crippen LogP contribution in [0.3, 0.4) is 0 Å². The highest BCUT2D eigenvalue weighted by Crippen LogP contribution is 2.26. The molecule has 0 spiro atoms. The number of likely N-dealkylation sites (tertiary alicyclic amines) is 1. The van der Waals surface area contributed by atoms with Gasteiger partial charge in [0.2, 0.25) is 0 Å². The molecule has 20 heavy (non-hydrogen) atoms. The summed E-state index contributed by atoms with van der Waals surface area (Å²) in [6.45, 7) is 6.74. The highest BCUT2D eigenvalue weighted by Gasteiger charge is 2.19. The molecular weight excluding hydrogens is 246 g/mol. The first-order chi connectivity index (χ1) is 9.74. The van der Waals surface area contributed by atoms with E-state index in [0.29, 0.717) is 6.04 Å². The van der Waals surface area contributed by atoms with Crippen molar-refractivity contribution in [3.63, 3.8) is 0 Å². The molecule has 1 aliphatic rings. The van der Waals surface area contributed by atoms with Crippen molar-refractivity contribution < 1.29 is 0 Å². The first-order valence-corrected chi connectivity index (χ1v) is 7.38. The summed E-state index contributed by atoms with van der Waals surface area (Å²) in [5, 5.41) is 0. The molecule has 1 aromatic heterocycles. The molecule has 3 heteroatoms. The van der Waals surface area contributed by atoms with E-state index in [1.807, 2.05) is 19.2 Å². The first kappa shape index (κ1) is 13.3. The summed E-state index contributed by atoms with van der Waals surface area (Å²) in [7, 11) is 0. The van der Waals surface area contributed by atoms with E-state index < -0.39 is 0 Å². The average molecular weight is 267 g/mol. The topological polar surface area (TPSA) is 29.0 Å². The Bertz CT molecular complexity index is 571. The molecule has 0 amide bonds. The molecule has 1 aromatic carbocycles. The first-order valence-electron chi connectivity index (χ1n) is 7.38. The largest absolute Gasteiger partial charge is 0.297 e. The molecule has 0 N–H and O–H groups in total. The zero-order valence-electron chi connectivity index (χ0n) is 12.2. The molecule has 0 saturated carbocycles. The fourth-order valence-electron chi connectivity index (χ4n) is 2.84. The Morgan fingerprint density at radius 3 is 2.40 bits per heavy atom. The lowest BCUT2D eigenvalue weighted by Gasteiger charge is -2.24. The van der Waals surface area contributed by atoms with Crippen molar-refractivity contribution in [1.29, 1.82) is 0 Å². The predicted molar refractivity (Wildman–Crippen MR) is 81.4 cm³/mol. The Hall–Kier alpha value is -1.74. The van der Waals surface area contributed by atoms with Gasteiger partial charge in [0.15, 0.2) is 5.82 Å². The average Bonchev–Trinajstić information content (AvgIpc) is 3.01. The second-order valence-corrected chi connectivity index (χ2v) is 5.56. The molecule has 3 rings (SSSR count). The number of benzene rings is 1. The highest BCUT2D eigenvalue weighted by molar-refractivity contribution is 5.55. The summed E-state index contributed by atoms with van der Waals surface area (Å²) in [6, 6.07) is 11.1. The second-order valence-electron chi connectivity index (χ2n) is 5.56. The lowest BCUT2D eigenvalue weighted by Crippen LogP contribution is -2.23. The van der Waals surface area contributed by atoms with Gasteiger partial charge in [-0.3, -0.25) is 4.90 Å². The second kappa shape index (κ2) is 5.71. The third-order valence-electron chi connectivity index (χ3n) is 4.13. The van der Waals surface area contributed by atoms with Gasteiger partial charge in [-0.2, -0.15) is 0 Å². The van der Waals surface area contributed by atoms with E-state index in [0.717, 1.165) is 17.1 Å². The lowest BCUT2D eigenvalue weighted by atomic mass is 10.0. The van der Waals surface area contributed by atoms with Crippen LogP contribution in [0, 0.1) is 6.92 Å². The van der Waals surface area contributed by atoms with E-state index in [9.17, 15) is 0 Å². The number of hydrogen-bond acceptors (Lipinski definition) is 3. The Morgan fingerprint density at radius 1 is 1.05 bits per heavy atom. The van der Waals surface area contributed by atoms with Gasteiger partial charge in [0, 0.05) is 23.5 Å². The molecule has 0 radical (unpaired) electrons. The van der Waals surface area contributed by atoms with Gasteiger partial charge in [-0.25, -0.2) is 9.97 Å². The van der Waals surface area contributed by atoms with Crippen LogP contribution in [-0.2, 0) is 0 Å². The van der Waals surface area contributed by atoms with Gasteiger partial charge in [-0.15, -0.1) is 0 Å². The molecule has 2 aromatic rings. The zero-order chi connectivity index (χ0) is 13.9. The molecule has 2 heterocycles. The molecular formula is C17H21N3. The van der Waals surface area contributed by atoms with E-state index >= 15 is 0 Å². The lowest BCUT2D eigenvalue weighted by molar-refractivity contribution is 0.263. The van der Waals surface area contributed by atoms with Crippen LogP contribution in [0.5, 0.6) is 0 Å². The molecule has 3 nitrogen and oxygen atoms in total. The number of hydrogen-bond donors (Lipinski definition) is 0. The van der Waals surface area contributed by atoms with Gasteiger partial charge < -0.3 is 0 Å². The van der Waals surface area contributed by atoms with Crippen molar-refractivity contribution in [3.8, 4) is 11.4 Å². The summed E-state index contributed by atoms with van der Waals surface area (Å²) in [5.74, 6) is 0.811. The molecule has 0 bridgehead atoms. The fourth-order valence-corrected chi connectivity index (χ4v) is 2.84. The summed E-state index contributed by atoms with van der Waals surface area (Å²) < 4.78 is 0. The van der Waals surface area contributed by atoms with Crippen molar-refractivity contribution in [1.82, 2.24) is 14.9 Å². The number of aromatic nitrogens is 2. The zero-order valence-corrected chi connectivity index (χ0v) is 12.2. The molecule has 1 atom stereocenters. The van der Waals surface area contributed by atoms with E-state index in [-0.39, 0.29) is 0 Å². The predicted octanol–water partition coefficient (Wildman–Crippen LogP) is 3.61. The van der Waals surface area contributed by atoms with Crippen LogP contribution in [0.25, 0.3) is 11.4 Å². The van der Waals surface area contributed by atoms with E-state index in [4.69, 9.17) is 0 Å². The maximum Gasteiger partial charge on any atom is 0.159 e. The fraction of sp³-hybridized carbons (Fsp3) is 0.412. The van der Waals surface area contributed by atoms with Gasteiger partial charge in [0.1, 0.15) is 0 Å². The van der Waals surface area contributed by atoms with Crippen LogP contribution in [0.1, 0.15) is 37.1 Å². The van der Waals surface area contributed by atoms with E-state index in [1.165, 1.54) is 31.5 Å². The number of aryl methyl sites for hydroxylation is 1. The van der Waals surface area contributed by atoms with Crippen LogP contribution in [0.2, 0.25) is 0 Å². The van der Waals surface area contributed by atoms with Crippen molar-refractivity contribution in [3.05, 3.63) is 47.8 Å². The van der Waals surface area contributed by atoms with Crippen LogP contribution >= 0.6 is 0 Å². The van der Waals surface area contributed by atoms with Gasteiger partial charge in [0.05, 0.1) is 0 Å². The van der Waals surface area contributed by atoms with Gasteiger partial charge in [0.25, 0.3) is 0 Å². The van der Waals surface area contributed by atoms with Crippen molar-refractivity contribution >= 4 is 0 Å². The van der Waals surface area contributed by atoms with E-state index in [2.05, 4.69) is 46.1 Å². The van der Waals surface area contributed by atoms with Crippen molar-refractivity contribution in [2.75, 3.05) is 13.1 Å². The SMILES string of the molecule is Cc1ccnc(-c2ccc([C@H](C)N3CCCC3)cc2)n1. The van der Waals surface area contributed by atoms with Crippen LogP contribution < -0.4 is 0 Å². The smallest absolute Gasteiger partial charge is 0.159 e. The molecule has 1 aliphatic heterocycles. The van der Waals surface area contributed by atoms with Crippen LogP contribution in [0.4, 0.5) is 0 Å². The molecule has 1 saturated heterocycles. The van der Waals surface area contributed by atoms with Crippen LogP contribution in [-0.4, -0.2) is 28.0 Å². The summed E-state index contributed by atoms with van der Waals surface area (Å²) in [4.78, 5) is 11.4. The van der Waals surface area contributed by atoms with Gasteiger partial charge >= 0.3 is 0 Å². The van der Waals surface area contributed by atoms with Crippen molar-refractivity contribution in [2.24, 2.45) is 0 Å². The Morgan fingerprint density at radius 2 is 1.75 bits per heavy atom. The Kier molecular flexibility index (Phi) is 3.79. The minimum atomic E-state index is 0.505. The molecule has 104 valence electrons. The normalized spacial score (nSPS) is 17.3. The Labute approximate surface area is 120 Å². The Balaban J connectivity index is 1.80. The third kappa shape index (κ3) is 2.73.